The average Bonchev–Trinajstić information content (AvgIpc) is 3.19. The normalized spacial score (nSPS) is 19.7. The van der Waals surface area contributed by atoms with Gasteiger partial charge in [-0.1, -0.05) is 0 Å². The first-order valence-corrected chi connectivity index (χ1v) is 11.8. The van der Waals surface area contributed by atoms with E-state index in [1.165, 1.54) is 36.7 Å². The van der Waals surface area contributed by atoms with Crippen LogP contribution in [0, 0.1) is 13.8 Å². The molecule has 4 rings (SSSR count). The molecule has 3 aromatic rings. The van der Waals surface area contributed by atoms with Crippen LogP contribution in [0.25, 0.3) is 10.0 Å². The first-order valence-electron chi connectivity index (χ1n) is 10.1. The summed E-state index contributed by atoms with van der Waals surface area (Å²) in [7, 11) is 0. The fraction of sp³-hybridized carbons (Fsp3) is 0.360. The zero-order chi connectivity index (χ0) is 19.5. The summed E-state index contributed by atoms with van der Waals surface area (Å²) in [6.07, 6.45) is 4.26. The number of hydrogen-bond acceptors (Lipinski definition) is 2. The SMILES string of the molecule is Cc1ccc(-c2ccc(Cc3cc(C4CCCC(CO)O4)ccc3C)[se]2)cc1. The predicted molar refractivity (Wildman–Crippen MR) is 116 cm³/mol. The van der Waals surface area contributed by atoms with Crippen molar-refractivity contribution in [3.63, 3.8) is 0 Å². The Hall–Kier alpha value is -1.64. The van der Waals surface area contributed by atoms with Crippen LogP contribution in [0.5, 0.6) is 0 Å². The summed E-state index contributed by atoms with van der Waals surface area (Å²) in [6, 6.07) is 20.3. The van der Waals surface area contributed by atoms with Gasteiger partial charge in [0.05, 0.1) is 0 Å². The molecule has 2 atom stereocenters. The topological polar surface area (TPSA) is 29.5 Å². The third-order valence-electron chi connectivity index (χ3n) is 5.66. The first-order chi connectivity index (χ1) is 13.6. The van der Waals surface area contributed by atoms with Gasteiger partial charge in [-0.05, 0) is 0 Å². The van der Waals surface area contributed by atoms with Gasteiger partial charge in [-0.15, -0.1) is 0 Å². The third kappa shape index (κ3) is 4.50. The summed E-state index contributed by atoms with van der Waals surface area (Å²) in [5.74, 6) is 0. The van der Waals surface area contributed by atoms with Gasteiger partial charge in [-0.3, -0.25) is 0 Å². The van der Waals surface area contributed by atoms with Gasteiger partial charge in [0.2, 0.25) is 0 Å². The summed E-state index contributed by atoms with van der Waals surface area (Å²) >= 11 is 0.390. The summed E-state index contributed by atoms with van der Waals surface area (Å²) in [6.45, 7) is 4.46. The van der Waals surface area contributed by atoms with E-state index in [4.69, 9.17) is 4.74 Å². The summed E-state index contributed by atoms with van der Waals surface area (Å²) in [5, 5.41) is 9.44. The molecule has 1 saturated heterocycles. The molecule has 2 aromatic carbocycles. The van der Waals surface area contributed by atoms with Crippen molar-refractivity contribution in [2.24, 2.45) is 0 Å². The number of rotatable bonds is 5. The molecule has 146 valence electrons. The number of aryl methyl sites for hydroxylation is 2. The Kier molecular flexibility index (Phi) is 6.18. The van der Waals surface area contributed by atoms with Gasteiger partial charge in [0.1, 0.15) is 0 Å². The average molecular weight is 439 g/mol. The Morgan fingerprint density at radius 3 is 2.61 bits per heavy atom. The quantitative estimate of drug-likeness (QED) is 0.553. The van der Waals surface area contributed by atoms with E-state index in [1.54, 1.807) is 0 Å². The van der Waals surface area contributed by atoms with E-state index < -0.39 is 0 Å². The molecule has 1 aromatic heterocycles. The number of hydrogen-bond donors (Lipinski definition) is 1. The van der Waals surface area contributed by atoms with Gasteiger partial charge < -0.3 is 0 Å². The molecule has 0 bridgehead atoms. The van der Waals surface area contributed by atoms with Crippen molar-refractivity contribution in [1.82, 2.24) is 0 Å². The Morgan fingerprint density at radius 1 is 1.00 bits per heavy atom. The molecule has 1 N–H and O–H groups in total. The Labute approximate surface area is 173 Å². The molecular weight excluding hydrogens is 411 g/mol. The second-order valence-corrected chi connectivity index (χ2v) is 10.3. The van der Waals surface area contributed by atoms with E-state index in [2.05, 4.69) is 68.4 Å². The van der Waals surface area contributed by atoms with Gasteiger partial charge >= 0.3 is 174 Å². The predicted octanol–water partition coefficient (Wildman–Crippen LogP) is 5.22. The van der Waals surface area contributed by atoms with Crippen molar-refractivity contribution < 1.29 is 9.84 Å². The van der Waals surface area contributed by atoms with Gasteiger partial charge in [0, 0.05) is 0 Å². The molecule has 0 spiro atoms. The van der Waals surface area contributed by atoms with Crippen molar-refractivity contribution in [3.05, 3.63) is 81.3 Å². The third-order valence-corrected chi connectivity index (χ3v) is 8.04. The Bertz CT molecular complexity index is 926. The summed E-state index contributed by atoms with van der Waals surface area (Å²) < 4.78 is 9.10. The number of benzene rings is 2. The van der Waals surface area contributed by atoms with Crippen LogP contribution in [-0.4, -0.2) is 32.3 Å². The number of aliphatic hydroxyl groups is 1. The van der Waals surface area contributed by atoms with Crippen LogP contribution in [0.3, 0.4) is 0 Å². The van der Waals surface area contributed by atoms with Crippen molar-refractivity contribution in [2.45, 2.75) is 51.7 Å². The van der Waals surface area contributed by atoms with E-state index in [1.807, 2.05) is 0 Å². The van der Waals surface area contributed by atoms with Crippen molar-refractivity contribution in [1.29, 1.82) is 0 Å². The zero-order valence-corrected chi connectivity index (χ0v) is 18.4. The minimum atomic E-state index is -0.00866. The molecule has 3 heteroatoms. The Morgan fingerprint density at radius 2 is 1.82 bits per heavy atom. The van der Waals surface area contributed by atoms with Crippen LogP contribution < -0.4 is 0 Å². The second-order valence-electron chi connectivity index (χ2n) is 7.85. The maximum absolute atomic E-state index is 9.44. The molecule has 28 heavy (non-hydrogen) atoms. The van der Waals surface area contributed by atoms with Gasteiger partial charge in [-0.25, -0.2) is 0 Å². The van der Waals surface area contributed by atoms with Gasteiger partial charge in [-0.2, -0.15) is 0 Å². The van der Waals surface area contributed by atoms with E-state index in [0.717, 1.165) is 25.7 Å². The van der Waals surface area contributed by atoms with Gasteiger partial charge in [0.15, 0.2) is 0 Å². The van der Waals surface area contributed by atoms with Crippen LogP contribution in [-0.2, 0) is 11.2 Å². The molecule has 2 heterocycles. The van der Waals surface area contributed by atoms with Crippen LogP contribution in [0.4, 0.5) is 0 Å². The molecule has 2 unspecified atom stereocenters. The molecule has 1 aliphatic heterocycles. The molecule has 1 fully saturated rings. The van der Waals surface area contributed by atoms with E-state index >= 15 is 0 Å². The summed E-state index contributed by atoms with van der Waals surface area (Å²) in [5.41, 5.74) is 6.67. The van der Waals surface area contributed by atoms with E-state index in [-0.39, 0.29) is 18.8 Å². The molecule has 0 amide bonds. The second kappa shape index (κ2) is 8.80. The minimum absolute atomic E-state index is 0.00866. The van der Waals surface area contributed by atoms with Crippen molar-refractivity contribution in [3.8, 4) is 10.0 Å². The van der Waals surface area contributed by atoms with Crippen molar-refractivity contribution >= 4 is 14.5 Å². The zero-order valence-electron chi connectivity index (χ0n) is 16.7. The summed E-state index contributed by atoms with van der Waals surface area (Å²) in [4.78, 5) is 0. The Balaban J connectivity index is 1.52. The maximum atomic E-state index is 9.44. The molecule has 0 radical (unpaired) electrons. The van der Waals surface area contributed by atoms with E-state index in [0.29, 0.717) is 14.5 Å². The first kappa shape index (κ1) is 19.7. The monoisotopic (exact) mass is 440 g/mol. The number of ether oxygens (including phenoxy) is 1. The van der Waals surface area contributed by atoms with Crippen LogP contribution >= 0.6 is 0 Å². The molecule has 1 aliphatic rings. The number of aliphatic hydroxyl groups excluding tert-OH is 1. The molecule has 2 nitrogen and oxygen atoms in total. The van der Waals surface area contributed by atoms with Gasteiger partial charge in [0.25, 0.3) is 0 Å². The fourth-order valence-electron chi connectivity index (χ4n) is 3.89. The van der Waals surface area contributed by atoms with E-state index in [9.17, 15) is 5.11 Å². The van der Waals surface area contributed by atoms with Crippen molar-refractivity contribution in [2.75, 3.05) is 6.61 Å². The molecular formula is C25H28O2Se. The van der Waals surface area contributed by atoms with Crippen LogP contribution in [0.2, 0.25) is 0 Å². The van der Waals surface area contributed by atoms with Crippen LogP contribution in [0.15, 0.2) is 54.6 Å². The molecule has 0 aliphatic carbocycles. The fourth-order valence-corrected chi connectivity index (χ4v) is 6.07. The standard InChI is InChI=1S/C25H28O2Se/c1-17-6-9-19(10-7-17)25-13-12-23(28-25)15-21-14-20(11-8-18(21)2)24-5-3-4-22(16-26)27-24/h6-14,22,24,26H,3-5,15-16H2,1-2H3. The van der Waals surface area contributed by atoms with Crippen LogP contribution in [0.1, 0.15) is 52.1 Å². The molecule has 0 saturated carbocycles.